The molecule has 0 aromatic carbocycles. The fourth-order valence-corrected chi connectivity index (χ4v) is 4.49. The van der Waals surface area contributed by atoms with Gasteiger partial charge in [-0.05, 0) is 18.2 Å². The van der Waals surface area contributed by atoms with Crippen LogP contribution in [0.1, 0.15) is 18.1 Å². The van der Waals surface area contributed by atoms with E-state index >= 15 is 0 Å². The summed E-state index contributed by atoms with van der Waals surface area (Å²) < 4.78 is 105. The lowest BCUT2D eigenvalue weighted by atomic mass is 10.2. The van der Waals surface area contributed by atoms with Crippen LogP contribution in [0.2, 0.25) is 0 Å². The normalized spacial score (nSPS) is 13.2. The summed E-state index contributed by atoms with van der Waals surface area (Å²) in [6, 6.07) is 2.43. The Balaban J connectivity index is 2.37. The Morgan fingerprint density at radius 3 is 2.28 bits per heavy atom. The van der Waals surface area contributed by atoms with Gasteiger partial charge in [-0.1, -0.05) is 6.92 Å². The Morgan fingerprint density at radius 2 is 1.72 bits per heavy atom. The zero-order valence-electron chi connectivity index (χ0n) is 14.3. The van der Waals surface area contributed by atoms with Crippen LogP contribution in [-0.4, -0.2) is 27.7 Å². The van der Waals surface area contributed by atoms with Gasteiger partial charge in [0.1, 0.15) is 10.6 Å². The maximum Gasteiger partial charge on any atom is 0.417 e. The summed E-state index contributed by atoms with van der Waals surface area (Å²) in [6.45, 7) is 1.17. The Morgan fingerprint density at radius 1 is 1.07 bits per heavy atom. The second-order valence-electron chi connectivity index (χ2n) is 5.87. The van der Waals surface area contributed by atoms with Crippen LogP contribution in [0.4, 0.5) is 26.3 Å². The van der Waals surface area contributed by atoms with Crippen molar-refractivity contribution in [3.05, 3.63) is 41.7 Å². The maximum atomic E-state index is 13.5. The molecule has 3 aromatic rings. The van der Waals surface area contributed by atoms with Crippen LogP contribution in [0.3, 0.4) is 0 Å². The van der Waals surface area contributed by atoms with Crippen molar-refractivity contribution in [2.24, 2.45) is 0 Å². The molecule has 3 rings (SSSR count). The first-order valence-corrected chi connectivity index (χ1v) is 10.2. The molecule has 29 heavy (non-hydrogen) atoms. The first kappa shape index (κ1) is 21.6. The summed E-state index contributed by atoms with van der Waals surface area (Å²) in [5.41, 5.74) is -3.34. The van der Waals surface area contributed by atoms with Crippen molar-refractivity contribution in [1.29, 1.82) is 0 Å². The van der Waals surface area contributed by atoms with E-state index < -0.39 is 49.7 Å². The molecular weight excluding hydrogens is 492 g/mol. The number of hydrogen-bond donors (Lipinski definition) is 0. The number of rotatable bonds is 3. The standard InChI is InChI=1S/C16H10BrF6N3O2S/c1-2-29(27,28)14-9(16(21,22)23)3-4-24-13(14)12-6-10-11(26(12)17)5-8(7-25-10)15(18,19)20/h3-7H,2H2,1H3. The van der Waals surface area contributed by atoms with Gasteiger partial charge in [-0.3, -0.25) is 13.6 Å². The Hall–Kier alpha value is -2.15. The van der Waals surface area contributed by atoms with Gasteiger partial charge in [0.2, 0.25) is 0 Å². The van der Waals surface area contributed by atoms with Crippen molar-refractivity contribution in [2.45, 2.75) is 24.2 Å². The van der Waals surface area contributed by atoms with E-state index in [1.807, 2.05) is 0 Å². The molecule has 0 fully saturated rings. The number of halogens is 7. The molecule has 0 aliphatic carbocycles. The number of aromatic nitrogens is 3. The van der Waals surface area contributed by atoms with Crippen LogP contribution in [0, 0.1) is 0 Å². The number of hydrogen-bond acceptors (Lipinski definition) is 4. The first-order valence-electron chi connectivity index (χ1n) is 7.81. The van der Waals surface area contributed by atoms with Crippen LogP contribution in [0.15, 0.2) is 35.5 Å². The fourth-order valence-electron chi connectivity index (χ4n) is 2.68. The third-order valence-electron chi connectivity index (χ3n) is 4.06. The summed E-state index contributed by atoms with van der Waals surface area (Å²) in [7, 11) is -4.39. The highest BCUT2D eigenvalue weighted by Crippen LogP contribution is 2.41. The first-order chi connectivity index (χ1) is 13.3. The van der Waals surface area contributed by atoms with E-state index in [9.17, 15) is 34.8 Å². The second-order valence-corrected chi connectivity index (χ2v) is 8.80. The molecule has 13 heteroatoms. The zero-order valence-corrected chi connectivity index (χ0v) is 16.7. The van der Waals surface area contributed by atoms with Gasteiger partial charge in [0.05, 0.1) is 49.8 Å². The molecular formula is C16H10BrF6N3O2S. The summed E-state index contributed by atoms with van der Waals surface area (Å²) in [5, 5.41) is 0. The number of sulfone groups is 1. The molecule has 0 saturated carbocycles. The number of fused-ring (bicyclic) bond motifs is 1. The van der Waals surface area contributed by atoms with Crippen molar-refractivity contribution in [3.63, 3.8) is 0 Å². The molecule has 0 N–H and O–H groups in total. The Labute approximate surface area is 168 Å². The van der Waals surface area contributed by atoms with Crippen molar-refractivity contribution in [2.75, 3.05) is 5.75 Å². The van der Waals surface area contributed by atoms with Crippen molar-refractivity contribution in [3.8, 4) is 11.4 Å². The lowest BCUT2D eigenvalue weighted by Gasteiger charge is -2.16. The smallest absolute Gasteiger partial charge is 0.273 e. The minimum Gasteiger partial charge on any atom is -0.273 e. The molecule has 5 nitrogen and oxygen atoms in total. The fraction of sp³-hybridized carbons (Fsp3) is 0.250. The predicted octanol–water partition coefficient (Wildman–Crippen LogP) is 5.09. The Bertz CT molecular complexity index is 1200. The second kappa shape index (κ2) is 6.97. The molecule has 0 aliphatic heterocycles. The molecule has 0 radical (unpaired) electrons. The van der Waals surface area contributed by atoms with Crippen molar-refractivity contribution in [1.82, 2.24) is 13.6 Å². The van der Waals surface area contributed by atoms with Crippen molar-refractivity contribution < 1.29 is 34.8 Å². The molecule has 0 unspecified atom stereocenters. The lowest BCUT2D eigenvalue weighted by Crippen LogP contribution is -2.17. The van der Waals surface area contributed by atoms with Gasteiger partial charge in [0.25, 0.3) is 0 Å². The maximum absolute atomic E-state index is 13.5. The monoisotopic (exact) mass is 501 g/mol. The van der Waals surface area contributed by atoms with E-state index in [4.69, 9.17) is 0 Å². The van der Waals surface area contributed by atoms with E-state index in [2.05, 4.69) is 26.1 Å². The van der Waals surface area contributed by atoms with E-state index in [-0.39, 0.29) is 16.7 Å². The average molecular weight is 502 g/mol. The van der Waals surface area contributed by atoms with Crippen LogP contribution in [0.5, 0.6) is 0 Å². The highest BCUT2D eigenvalue weighted by Gasteiger charge is 2.39. The largest absolute Gasteiger partial charge is 0.417 e. The van der Waals surface area contributed by atoms with Gasteiger partial charge in [-0.2, -0.15) is 26.3 Å². The molecule has 0 atom stereocenters. The quantitative estimate of drug-likeness (QED) is 0.469. The number of alkyl halides is 6. The van der Waals surface area contributed by atoms with Crippen LogP contribution < -0.4 is 0 Å². The van der Waals surface area contributed by atoms with Gasteiger partial charge in [0, 0.05) is 12.4 Å². The topological polar surface area (TPSA) is 64.8 Å². The van der Waals surface area contributed by atoms with E-state index in [0.29, 0.717) is 12.3 Å². The lowest BCUT2D eigenvalue weighted by molar-refractivity contribution is -0.140. The highest BCUT2D eigenvalue weighted by atomic mass is 79.9. The molecule has 3 heterocycles. The molecule has 156 valence electrons. The summed E-state index contributed by atoms with van der Waals surface area (Å²) in [4.78, 5) is 6.41. The number of nitrogens with zero attached hydrogens (tertiary/aromatic N) is 3. The van der Waals surface area contributed by atoms with Gasteiger partial charge in [-0.25, -0.2) is 8.42 Å². The van der Waals surface area contributed by atoms with Crippen LogP contribution >= 0.6 is 16.1 Å². The molecule has 0 saturated heterocycles. The van der Waals surface area contributed by atoms with Crippen LogP contribution in [0.25, 0.3) is 22.4 Å². The summed E-state index contributed by atoms with van der Waals surface area (Å²) in [6.07, 6.45) is -8.32. The SMILES string of the molecule is CCS(=O)(=O)c1c(C(F)(F)F)ccnc1-c1cc2ncc(C(F)(F)F)cc2n1Br. The molecule has 0 aliphatic rings. The van der Waals surface area contributed by atoms with E-state index in [0.717, 1.165) is 21.9 Å². The minimum atomic E-state index is -4.99. The van der Waals surface area contributed by atoms with Gasteiger partial charge in [0.15, 0.2) is 9.84 Å². The minimum absolute atomic E-state index is 0.00364. The molecule has 3 aromatic heterocycles. The predicted molar refractivity (Wildman–Crippen MR) is 95.0 cm³/mol. The van der Waals surface area contributed by atoms with E-state index in [1.165, 1.54) is 6.92 Å². The van der Waals surface area contributed by atoms with Crippen LogP contribution in [-0.2, 0) is 22.2 Å². The third kappa shape index (κ3) is 3.84. The van der Waals surface area contributed by atoms with Gasteiger partial charge < -0.3 is 0 Å². The highest BCUT2D eigenvalue weighted by molar-refractivity contribution is 9.08. The molecule has 0 amide bonds. The summed E-state index contributed by atoms with van der Waals surface area (Å²) >= 11 is 2.98. The summed E-state index contributed by atoms with van der Waals surface area (Å²) in [5.74, 6) is -0.631. The Kier molecular flexibility index (Phi) is 5.18. The molecule has 0 bridgehead atoms. The van der Waals surface area contributed by atoms with Gasteiger partial charge in [-0.15, -0.1) is 0 Å². The van der Waals surface area contributed by atoms with Gasteiger partial charge >= 0.3 is 12.4 Å². The third-order valence-corrected chi connectivity index (χ3v) is 6.62. The number of pyridine rings is 2. The average Bonchev–Trinajstić information content (AvgIpc) is 2.96. The zero-order chi connectivity index (χ0) is 21.8. The van der Waals surface area contributed by atoms with Crippen molar-refractivity contribution >= 4 is 37.0 Å². The van der Waals surface area contributed by atoms with E-state index in [1.54, 1.807) is 0 Å². The molecule has 0 spiro atoms.